The molecule has 34 heavy (non-hydrogen) atoms. The van der Waals surface area contributed by atoms with Gasteiger partial charge in [-0.1, -0.05) is 44.9 Å². The summed E-state index contributed by atoms with van der Waals surface area (Å²) in [5.41, 5.74) is 7.54. The molecule has 0 fully saturated rings. The molecule has 0 unspecified atom stereocenters. The van der Waals surface area contributed by atoms with Crippen LogP contribution in [0.2, 0.25) is 0 Å². The molecule has 1 aliphatic carbocycles. The topological polar surface area (TPSA) is 64.3 Å². The van der Waals surface area contributed by atoms with Crippen molar-refractivity contribution >= 4 is 29.1 Å². The van der Waals surface area contributed by atoms with Gasteiger partial charge in [-0.15, -0.1) is 11.3 Å². The predicted molar refractivity (Wildman–Crippen MR) is 141 cm³/mol. The van der Waals surface area contributed by atoms with E-state index in [0.29, 0.717) is 0 Å². The molecule has 0 spiro atoms. The zero-order chi connectivity index (χ0) is 24.1. The molecule has 0 atom stereocenters. The number of fused-ring (bicyclic) bond motifs is 3. The zero-order valence-corrected chi connectivity index (χ0v) is 20.6. The SMILES string of the molecule is CCCCN(CCCC)c1ccc2c(c1)Cc1cc(-c3ccc(/C=C(/C#N)C(=O)O)s3)ccc1-2. The fraction of sp³-hybridized carbons (Fsp3) is 0.310. The van der Waals surface area contributed by atoms with E-state index in [0.717, 1.165) is 34.8 Å². The highest BCUT2D eigenvalue weighted by Gasteiger charge is 2.21. The molecular formula is C29H30N2O2S. The molecule has 0 amide bonds. The van der Waals surface area contributed by atoms with Crippen molar-refractivity contribution in [1.29, 1.82) is 5.26 Å². The third-order valence-electron chi connectivity index (χ3n) is 6.34. The van der Waals surface area contributed by atoms with E-state index in [-0.39, 0.29) is 5.57 Å². The molecule has 0 bridgehead atoms. The van der Waals surface area contributed by atoms with Crippen molar-refractivity contribution in [3.05, 3.63) is 70.1 Å². The first kappa shape index (κ1) is 23.8. The third kappa shape index (κ3) is 5.08. The fourth-order valence-electron chi connectivity index (χ4n) is 4.48. The summed E-state index contributed by atoms with van der Waals surface area (Å²) in [6, 6.07) is 19.1. The average molecular weight is 471 g/mol. The largest absolute Gasteiger partial charge is 0.477 e. The molecule has 1 heterocycles. The Hall–Kier alpha value is -3.36. The highest BCUT2D eigenvalue weighted by Crippen LogP contribution is 2.41. The number of benzene rings is 2. The fourth-order valence-corrected chi connectivity index (χ4v) is 5.43. The average Bonchev–Trinajstić information content (AvgIpc) is 3.45. The van der Waals surface area contributed by atoms with Crippen LogP contribution in [0.1, 0.15) is 55.5 Å². The van der Waals surface area contributed by atoms with Crippen molar-refractivity contribution in [2.24, 2.45) is 0 Å². The Morgan fingerprint density at radius 1 is 1.03 bits per heavy atom. The molecule has 4 nitrogen and oxygen atoms in total. The standard InChI is InChI=1S/C29H30N2O2S/c1-3-5-13-31(14-6-4-2)24-8-11-27-22(17-24)16-21-15-20(7-10-26(21)27)28-12-9-25(34-28)18-23(19-30)29(32)33/h7-12,15,17-18H,3-6,13-14,16H2,1-2H3,(H,32,33)/b23-18-. The first-order chi connectivity index (χ1) is 16.5. The number of nitriles is 1. The van der Waals surface area contributed by atoms with Crippen molar-refractivity contribution in [3.8, 4) is 27.6 Å². The molecule has 0 radical (unpaired) electrons. The van der Waals surface area contributed by atoms with Gasteiger partial charge in [-0.05, 0) is 83.5 Å². The number of thiophene rings is 1. The molecule has 3 aromatic rings. The van der Waals surface area contributed by atoms with Gasteiger partial charge in [-0.3, -0.25) is 0 Å². The van der Waals surface area contributed by atoms with E-state index >= 15 is 0 Å². The van der Waals surface area contributed by atoms with E-state index in [4.69, 9.17) is 10.4 Å². The first-order valence-corrected chi connectivity index (χ1v) is 12.8. The summed E-state index contributed by atoms with van der Waals surface area (Å²) >= 11 is 1.50. The maximum absolute atomic E-state index is 11.1. The molecule has 1 aromatic heterocycles. The number of anilines is 1. The molecule has 1 N–H and O–H groups in total. The van der Waals surface area contributed by atoms with Crippen LogP contribution in [0.3, 0.4) is 0 Å². The Bertz CT molecular complexity index is 1260. The van der Waals surface area contributed by atoms with Gasteiger partial charge >= 0.3 is 5.97 Å². The van der Waals surface area contributed by atoms with Crippen LogP contribution in [0.25, 0.3) is 27.6 Å². The summed E-state index contributed by atoms with van der Waals surface area (Å²) in [5, 5.41) is 18.1. The van der Waals surface area contributed by atoms with Gasteiger partial charge in [0.25, 0.3) is 0 Å². The van der Waals surface area contributed by atoms with Crippen molar-refractivity contribution in [2.75, 3.05) is 18.0 Å². The second-order valence-corrected chi connectivity index (χ2v) is 9.88. The van der Waals surface area contributed by atoms with Gasteiger partial charge in [0.15, 0.2) is 0 Å². The summed E-state index contributed by atoms with van der Waals surface area (Å²) < 4.78 is 0. The van der Waals surface area contributed by atoms with Crippen molar-refractivity contribution < 1.29 is 9.90 Å². The molecule has 0 saturated heterocycles. The minimum absolute atomic E-state index is 0.250. The molecule has 174 valence electrons. The number of rotatable bonds is 10. The number of carboxylic acid groups (broad SMARTS) is 1. The number of hydrogen-bond acceptors (Lipinski definition) is 4. The molecule has 4 rings (SSSR count). The maximum Gasteiger partial charge on any atom is 0.346 e. The van der Waals surface area contributed by atoms with Crippen LogP contribution >= 0.6 is 11.3 Å². The van der Waals surface area contributed by atoms with E-state index in [1.54, 1.807) is 6.07 Å². The van der Waals surface area contributed by atoms with Gasteiger partial charge in [0.1, 0.15) is 11.6 Å². The first-order valence-electron chi connectivity index (χ1n) is 12.0. The quantitative estimate of drug-likeness (QED) is 0.194. The molecule has 0 saturated carbocycles. The number of nitrogens with zero attached hydrogens (tertiary/aromatic N) is 2. The van der Waals surface area contributed by atoms with Gasteiger partial charge < -0.3 is 10.0 Å². The highest BCUT2D eigenvalue weighted by molar-refractivity contribution is 7.16. The maximum atomic E-state index is 11.1. The number of carbonyl (C=O) groups is 1. The molecule has 1 aliphatic rings. The Balaban J connectivity index is 1.57. The molecule has 5 heteroatoms. The summed E-state index contributed by atoms with van der Waals surface area (Å²) in [6.07, 6.45) is 7.20. The minimum Gasteiger partial charge on any atom is -0.477 e. The van der Waals surface area contributed by atoms with Crippen LogP contribution in [0, 0.1) is 11.3 Å². The van der Waals surface area contributed by atoms with Gasteiger partial charge in [0.05, 0.1) is 0 Å². The monoisotopic (exact) mass is 470 g/mol. The second-order valence-electron chi connectivity index (χ2n) is 8.76. The lowest BCUT2D eigenvalue weighted by molar-refractivity contribution is -0.132. The Morgan fingerprint density at radius 2 is 1.71 bits per heavy atom. The normalized spacial score (nSPS) is 12.2. The summed E-state index contributed by atoms with van der Waals surface area (Å²) in [6.45, 7) is 6.71. The molecular weight excluding hydrogens is 440 g/mol. The molecule has 2 aromatic carbocycles. The lowest BCUT2D eigenvalue weighted by Gasteiger charge is -2.25. The Morgan fingerprint density at radius 3 is 2.35 bits per heavy atom. The number of aliphatic carboxylic acids is 1. The van der Waals surface area contributed by atoms with E-state index in [9.17, 15) is 4.79 Å². The smallest absolute Gasteiger partial charge is 0.346 e. The van der Waals surface area contributed by atoms with Crippen LogP contribution in [0.4, 0.5) is 5.69 Å². The van der Waals surface area contributed by atoms with Crippen molar-refractivity contribution in [1.82, 2.24) is 0 Å². The molecule has 0 aliphatic heterocycles. The second kappa shape index (κ2) is 10.7. The number of hydrogen-bond donors (Lipinski definition) is 1. The van der Waals surface area contributed by atoms with Crippen molar-refractivity contribution in [3.63, 3.8) is 0 Å². The van der Waals surface area contributed by atoms with Gasteiger partial charge in [-0.25, -0.2) is 4.79 Å². The van der Waals surface area contributed by atoms with Crippen LogP contribution in [0.5, 0.6) is 0 Å². The predicted octanol–water partition coefficient (Wildman–Crippen LogP) is 7.38. The van der Waals surface area contributed by atoms with Crippen molar-refractivity contribution in [2.45, 2.75) is 46.0 Å². The van der Waals surface area contributed by atoms with E-state index < -0.39 is 5.97 Å². The van der Waals surface area contributed by atoms with Crippen LogP contribution < -0.4 is 4.90 Å². The number of unbranched alkanes of at least 4 members (excludes halogenated alkanes) is 2. The van der Waals surface area contributed by atoms with Gasteiger partial charge in [0, 0.05) is 28.5 Å². The van der Waals surface area contributed by atoms with Crippen LogP contribution in [0.15, 0.2) is 54.1 Å². The van der Waals surface area contributed by atoms with Gasteiger partial charge in [0.2, 0.25) is 0 Å². The van der Waals surface area contributed by atoms with Gasteiger partial charge in [-0.2, -0.15) is 5.26 Å². The minimum atomic E-state index is -1.20. The Kier molecular flexibility index (Phi) is 7.49. The van der Waals surface area contributed by atoms with Crippen LogP contribution in [-0.2, 0) is 11.2 Å². The zero-order valence-electron chi connectivity index (χ0n) is 19.8. The van der Waals surface area contributed by atoms with E-state index in [1.165, 1.54) is 71.0 Å². The number of carboxylic acids is 1. The van der Waals surface area contributed by atoms with Crippen LogP contribution in [-0.4, -0.2) is 24.2 Å². The van der Waals surface area contributed by atoms with E-state index in [2.05, 4.69) is 55.1 Å². The lowest BCUT2D eigenvalue weighted by atomic mass is 10.0. The lowest BCUT2D eigenvalue weighted by Crippen LogP contribution is -2.25. The summed E-state index contributed by atoms with van der Waals surface area (Å²) in [7, 11) is 0. The summed E-state index contributed by atoms with van der Waals surface area (Å²) in [5.74, 6) is -1.20. The van der Waals surface area contributed by atoms with E-state index in [1.807, 2.05) is 12.1 Å². The highest BCUT2D eigenvalue weighted by atomic mass is 32.1. The Labute approximate surface area is 205 Å². The summed E-state index contributed by atoms with van der Waals surface area (Å²) in [4.78, 5) is 15.5. The third-order valence-corrected chi connectivity index (χ3v) is 7.42.